The number of piperidine rings is 1. The number of aromatic nitrogens is 1. The number of benzene rings is 2. The number of pyridine rings is 1. The number of hydrogen-bond donors (Lipinski definition) is 1. The molecule has 0 spiro atoms. The van der Waals surface area contributed by atoms with Crippen LogP contribution < -0.4 is 10.1 Å². The molecule has 196 valence electrons. The predicted molar refractivity (Wildman–Crippen MR) is 138 cm³/mol. The lowest BCUT2D eigenvalue weighted by molar-refractivity contribution is -0.153. The van der Waals surface area contributed by atoms with Gasteiger partial charge in [0, 0.05) is 35.8 Å². The molecule has 1 saturated heterocycles. The quantitative estimate of drug-likeness (QED) is 0.340. The van der Waals surface area contributed by atoms with Crippen molar-refractivity contribution in [1.82, 2.24) is 15.2 Å². The first-order valence-corrected chi connectivity index (χ1v) is 12.7. The fourth-order valence-corrected chi connectivity index (χ4v) is 4.53. The zero-order valence-electron chi connectivity index (χ0n) is 20.9. The average molecular weight is 512 g/mol. The molecule has 1 fully saturated rings. The first-order chi connectivity index (χ1) is 17.8. The number of halogens is 3. The van der Waals surface area contributed by atoms with E-state index < -0.39 is 12.8 Å². The lowest BCUT2D eigenvalue weighted by atomic mass is 10.0. The van der Waals surface area contributed by atoms with E-state index in [0.29, 0.717) is 35.1 Å². The lowest BCUT2D eigenvalue weighted by Crippen LogP contribution is -2.39. The molecule has 1 N–H and O–H groups in total. The summed E-state index contributed by atoms with van der Waals surface area (Å²) in [6.45, 7) is 3.56. The summed E-state index contributed by atoms with van der Waals surface area (Å²) in [6, 6.07) is 19.8. The molecule has 0 radical (unpaired) electrons. The molecule has 4 rings (SSSR count). The van der Waals surface area contributed by atoms with E-state index >= 15 is 0 Å². The van der Waals surface area contributed by atoms with Crippen molar-refractivity contribution in [3.8, 4) is 28.3 Å². The minimum absolute atomic E-state index is 0.112. The molecule has 8 heteroatoms. The Morgan fingerprint density at radius 2 is 1.70 bits per heavy atom. The van der Waals surface area contributed by atoms with Crippen molar-refractivity contribution in [2.45, 2.75) is 44.8 Å². The number of rotatable bonds is 9. The fraction of sp³-hybridized carbons (Fsp3) is 0.379. The zero-order chi connectivity index (χ0) is 26.3. The van der Waals surface area contributed by atoms with E-state index in [9.17, 15) is 18.0 Å². The summed E-state index contributed by atoms with van der Waals surface area (Å²) < 4.78 is 42.2. The number of carbonyl (C=O) groups is 1. The fourth-order valence-electron chi connectivity index (χ4n) is 4.53. The second kappa shape index (κ2) is 12.2. The Balaban J connectivity index is 1.48. The van der Waals surface area contributed by atoms with E-state index in [4.69, 9.17) is 9.72 Å². The van der Waals surface area contributed by atoms with Crippen LogP contribution in [0.15, 0.2) is 66.7 Å². The normalized spacial score (nSPS) is 16.4. The van der Waals surface area contributed by atoms with Crippen LogP contribution in [0.3, 0.4) is 0 Å². The summed E-state index contributed by atoms with van der Waals surface area (Å²) in [4.78, 5) is 20.3. The monoisotopic (exact) mass is 511 g/mol. The van der Waals surface area contributed by atoms with Gasteiger partial charge in [-0.2, -0.15) is 13.2 Å². The number of nitrogens with zero attached hydrogens (tertiary/aromatic N) is 2. The molecule has 1 aliphatic rings. The maximum absolute atomic E-state index is 13.1. The van der Waals surface area contributed by atoms with E-state index in [1.807, 2.05) is 30.3 Å². The number of hydrogen-bond acceptors (Lipinski definition) is 4. The second-order valence-corrected chi connectivity index (χ2v) is 9.41. The molecule has 0 bridgehead atoms. The van der Waals surface area contributed by atoms with Crippen molar-refractivity contribution in [3.63, 3.8) is 0 Å². The molecule has 2 heterocycles. The summed E-state index contributed by atoms with van der Waals surface area (Å²) in [5, 5.41) is 3.03. The van der Waals surface area contributed by atoms with Gasteiger partial charge in [0.25, 0.3) is 5.91 Å². The van der Waals surface area contributed by atoms with Gasteiger partial charge < -0.3 is 15.0 Å². The molecule has 37 heavy (non-hydrogen) atoms. The molecule has 2 aromatic carbocycles. The first kappa shape index (κ1) is 26.7. The van der Waals surface area contributed by atoms with E-state index in [1.165, 1.54) is 31.4 Å². The molecular formula is C29H32F3N3O2. The summed E-state index contributed by atoms with van der Waals surface area (Å²) >= 11 is 0. The van der Waals surface area contributed by atoms with Crippen LogP contribution in [0.5, 0.6) is 5.75 Å². The van der Waals surface area contributed by atoms with Crippen LogP contribution in [0.2, 0.25) is 0 Å². The van der Waals surface area contributed by atoms with Crippen molar-refractivity contribution < 1.29 is 22.7 Å². The summed E-state index contributed by atoms with van der Waals surface area (Å²) in [6.07, 6.45) is 0.210. The smallest absolute Gasteiger partial charge is 0.422 e. The number of alkyl halides is 3. The highest BCUT2D eigenvalue weighted by Crippen LogP contribution is 2.27. The molecule has 0 aliphatic carbocycles. The zero-order valence-corrected chi connectivity index (χ0v) is 20.9. The average Bonchev–Trinajstić information content (AvgIpc) is 2.91. The molecule has 1 amide bonds. The maximum atomic E-state index is 13.1. The maximum Gasteiger partial charge on any atom is 0.422 e. The highest BCUT2D eigenvalue weighted by atomic mass is 19.4. The van der Waals surface area contributed by atoms with Gasteiger partial charge in [-0.1, -0.05) is 36.8 Å². The van der Waals surface area contributed by atoms with E-state index in [-0.39, 0.29) is 11.7 Å². The number of ether oxygens (including phenoxy) is 1. The Labute approximate surface area is 215 Å². The number of amides is 1. The molecule has 1 aromatic heterocycles. The molecule has 1 unspecified atom stereocenters. The Kier molecular flexibility index (Phi) is 8.82. The van der Waals surface area contributed by atoms with Crippen molar-refractivity contribution in [2.24, 2.45) is 0 Å². The number of carbonyl (C=O) groups excluding carboxylic acids is 1. The van der Waals surface area contributed by atoms with Crippen molar-refractivity contribution >= 4 is 5.91 Å². The minimum atomic E-state index is -4.40. The van der Waals surface area contributed by atoms with Crippen LogP contribution in [-0.4, -0.2) is 54.3 Å². The third kappa shape index (κ3) is 7.79. The van der Waals surface area contributed by atoms with Gasteiger partial charge in [0.2, 0.25) is 0 Å². The van der Waals surface area contributed by atoms with E-state index in [2.05, 4.69) is 17.1 Å². The SMILES string of the molecule is CC1CCCCN1CCCNC(=O)c1cc(-c2ccccc2)nc(-c2ccc(OCC(F)(F)F)cc2)c1. The second-order valence-electron chi connectivity index (χ2n) is 9.41. The minimum Gasteiger partial charge on any atom is -0.484 e. The van der Waals surface area contributed by atoms with Crippen molar-refractivity contribution in [1.29, 1.82) is 0 Å². The van der Waals surface area contributed by atoms with Crippen LogP contribution >= 0.6 is 0 Å². The van der Waals surface area contributed by atoms with Crippen LogP contribution in [0.4, 0.5) is 13.2 Å². The Hall–Kier alpha value is -3.39. The summed E-state index contributed by atoms with van der Waals surface area (Å²) in [7, 11) is 0. The number of nitrogens with one attached hydrogen (secondary N) is 1. The van der Waals surface area contributed by atoms with Gasteiger partial charge in [-0.15, -0.1) is 0 Å². The molecular weight excluding hydrogens is 479 g/mol. The van der Waals surface area contributed by atoms with Gasteiger partial charge in [0.15, 0.2) is 6.61 Å². The van der Waals surface area contributed by atoms with Crippen LogP contribution in [0.25, 0.3) is 22.5 Å². The summed E-state index contributed by atoms with van der Waals surface area (Å²) in [5.74, 6) is -0.0704. The molecule has 5 nitrogen and oxygen atoms in total. The van der Waals surface area contributed by atoms with Gasteiger partial charge in [-0.25, -0.2) is 4.98 Å². The van der Waals surface area contributed by atoms with Crippen LogP contribution in [-0.2, 0) is 0 Å². The van der Waals surface area contributed by atoms with Gasteiger partial charge >= 0.3 is 6.18 Å². The van der Waals surface area contributed by atoms with Crippen molar-refractivity contribution in [2.75, 3.05) is 26.2 Å². The lowest BCUT2D eigenvalue weighted by Gasteiger charge is -2.33. The van der Waals surface area contributed by atoms with Crippen molar-refractivity contribution in [3.05, 3.63) is 72.3 Å². The number of likely N-dealkylation sites (tertiary alicyclic amines) is 1. The predicted octanol–water partition coefficient (Wildman–Crippen LogP) is 6.35. The van der Waals surface area contributed by atoms with Gasteiger partial charge in [-0.3, -0.25) is 4.79 Å². The Morgan fingerprint density at radius 3 is 2.35 bits per heavy atom. The van der Waals surface area contributed by atoms with Gasteiger partial charge in [0.05, 0.1) is 11.4 Å². The Morgan fingerprint density at radius 1 is 1.03 bits per heavy atom. The standard InChI is InChI=1S/C29H32F3N3O2/c1-21-8-5-6-16-35(21)17-7-15-33-28(36)24-18-26(22-9-3-2-4-10-22)34-27(19-24)23-11-13-25(14-12-23)37-20-29(30,31)32/h2-4,9-14,18-19,21H,5-8,15-17,20H2,1H3,(H,33,36). The highest BCUT2D eigenvalue weighted by molar-refractivity contribution is 5.96. The first-order valence-electron chi connectivity index (χ1n) is 12.7. The summed E-state index contributed by atoms with van der Waals surface area (Å²) in [5.41, 5.74) is 3.21. The van der Waals surface area contributed by atoms with E-state index in [0.717, 1.165) is 25.1 Å². The Bertz CT molecular complexity index is 1170. The van der Waals surface area contributed by atoms with Gasteiger partial charge in [0.1, 0.15) is 5.75 Å². The molecule has 0 saturated carbocycles. The topological polar surface area (TPSA) is 54.5 Å². The third-order valence-corrected chi connectivity index (χ3v) is 6.56. The highest BCUT2D eigenvalue weighted by Gasteiger charge is 2.28. The molecule has 1 aliphatic heterocycles. The van der Waals surface area contributed by atoms with Crippen LogP contribution in [0, 0.1) is 0 Å². The van der Waals surface area contributed by atoms with Gasteiger partial charge in [-0.05, 0) is 69.1 Å². The third-order valence-electron chi connectivity index (χ3n) is 6.56. The van der Waals surface area contributed by atoms with Crippen LogP contribution in [0.1, 0.15) is 43.0 Å². The largest absolute Gasteiger partial charge is 0.484 e. The van der Waals surface area contributed by atoms with E-state index in [1.54, 1.807) is 24.3 Å². The molecule has 3 aromatic rings. The molecule has 1 atom stereocenters.